The van der Waals surface area contributed by atoms with E-state index in [2.05, 4.69) is 5.32 Å². The number of nitrogens with one attached hydrogen (secondary N) is 1. The average molecular weight is 260 g/mol. The van der Waals surface area contributed by atoms with Crippen molar-refractivity contribution in [2.24, 2.45) is 0 Å². The molecule has 0 radical (unpaired) electrons. The number of rotatable bonds is 5. The summed E-state index contributed by atoms with van der Waals surface area (Å²) in [5.74, 6) is 0.368. The quantitative estimate of drug-likeness (QED) is 0.862. The topological polar surface area (TPSA) is 67.4 Å². The Bertz CT molecular complexity index is 555. The minimum atomic E-state index is -0.509. The van der Waals surface area contributed by atoms with E-state index in [1.165, 1.54) is 6.26 Å². The van der Waals surface area contributed by atoms with Crippen LogP contribution in [-0.2, 0) is 0 Å². The summed E-state index contributed by atoms with van der Waals surface area (Å²) in [7, 11) is 0. The van der Waals surface area contributed by atoms with Crippen LogP contribution in [0.25, 0.3) is 0 Å². The van der Waals surface area contributed by atoms with Crippen molar-refractivity contribution >= 4 is 5.91 Å². The third kappa shape index (κ3) is 2.42. The minimum absolute atomic E-state index is 0.188. The normalized spacial score (nSPS) is 16.3. The molecule has 1 saturated carbocycles. The van der Waals surface area contributed by atoms with E-state index >= 15 is 0 Å². The van der Waals surface area contributed by atoms with Crippen LogP contribution in [0, 0.1) is 0 Å². The van der Waals surface area contributed by atoms with E-state index in [4.69, 9.17) is 4.42 Å². The smallest absolute Gasteiger partial charge is 0.268 e. The minimum Gasteiger partial charge on any atom is -0.467 e. The van der Waals surface area contributed by atoms with Gasteiger partial charge in [-0.3, -0.25) is 4.79 Å². The molecule has 0 aliphatic heterocycles. The van der Waals surface area contributed by atoms with Gasteiger partial charge in [-0.05, 0) is 37.1 Å². The van der Waals surface area contributed by atoms with Gasteiger partial charge in [-0.2, -0.15) is 0 Å². The Morgan fingerprint density at radius 1 is 1.47 bits per heavy atom. The SMILES string of the molecule is O=C(NC(CO)c1ccco1)c1cccn1C1CC1. The maximum Gasteiger partial charge on any atom is 0.268 e. The van der Waals surface area contributed by atoms with Crippen molar-refractivity contribution in [3.63, 3.8) is 0 Å². The molecule has 1 aliphatic rings. The molecule has 1 atom stereocenters. The lowest BCUT2D eigenvalue weighted by Crippen LogP contribution is -2.31. The summed E-state index contributed by atoms with van der Waals surface area (Å²) in [5.41, 5.74) is 0.632. The molecule has 0 aromatic carbocycles. The lowest BCUT2D eigenvalue weighted by molar-refractivity contribution is 0.0897. The lowest BCUT2D eigenvalue weighted by atomic mass is 10.2. The standard InChI is InChI=1S/C14H16N2O3/c17-9-11(13-4-2-8-19-13)15-14(18)12-3-1-7-16(12)10-5-6-10/h1-4,7-8,10-11,17H,5-6,9H2,(H,15,18). The number of hydrogen-bond acceptors (Lipinski definition) is 3. The van der Waals surface area contributed by atoms with Gasteiger partial charge < -0.3 is 19.4 Å². The van der Waals surface area contributed by atoms with Gasteiger partial charge in [0.05, 0.1) is 12.9 Å². The van der Waals surface area contributed by atoms with E-state index in [0.29, 0.717) is 17.5 Å². The molecule has 1 aliphatic carbocycles. The van der Waals surface area contributed by atoms with Gasteiger partial charge in [0, 0.05) is 12.2 Å². The highest BCUT2D eigenvalue weighted by Crippen LogP contribution is 2.36. The Hall–Kier alpha value is -2.01. The molecule has 1 unspecified atom stereocenters. The molecule has 1 fully saturated rings. The highest BCUT2D eigenvalue weighted by atomic mass is 16.3. The van der Waals surface area contributed by atoms with Gasteiger partial charge in [-0.25, -0.2) is 0 Å². The van der Waals surface area contributed by atoms with Crippen LogP contribution in [0.1, 0.15) is 41.2 Å². The van der Waals surface area contributed by atoms with Gasteiger partial charge in [0.15, 0.2) is 0 Å². The van der Waals surface area contributed by atoms with Crippen LogP contribution in [-0.4, -0.2) is 22.2 Å². The Labute approximate surface area is 110 Å². The Morgan fingerprint density at radius 2 is 2.32 bits per heavy atom. The second kappa shape index (κ2) is 4.93. The fourth-order valence-corrected chi connectivity index (χ4v) is 2.19. The van der Waals surface area contributed by atoms with E-state index < -0.39 is 6.04 Å². The van der Waals surface area contributed by atoms with Crippen molar-refractivity contribution in [1.82, 2.24) is 9.88 Å². The maximum atomic E-state index is 12.2. The number of amides is 1. The molecule has 3 rings (SSSR count). The van der Waals surface area contributed by atoms with Gasteiger partial charge in [-0.1, -0.05) is 0 Å². The fourth-order valence-electron chi connectivity index (χ4n) is 2.19. The first-order valence-electron chi connectivity index (χ1n) is 6.41. The molecule has 5 heteroatoms. The van der Waals surface area contributed by atoms with Crippen LogP contribution in [0.3, 0.4) is 0 Å². The summed E-state index contributed by atoms with van der Waals surface area (Å²) in [6.45, 7) is -0.191. The van der Waals surface area contributed by atoms with E-state index in [-0.39, 0.29) is 12.5 Å². The van der Waals surface area contributed by atoms with E-state index in [9.17, 15) is 9.90 Å². The lowest BCUT2D eigenvalue weighted by Gasteiger charge is -2.15. The molecule has 100 valence electrons. The van der Waals surface area contributed by atoms with E-state index in [1.807, 2.05) is 16.8 Å². The van der Waals surface area contributed by atoms with Crippen LogP contribution >= 0.6 is 0 Å². The van der Waals surface area contributed by atoms with Crippen LogP contribution in [0.4, 0.5) is 0 Å². The molecule has 2 aromatic rings. The molecule has 1 amide bonds. The molecule has 2 heterocycles. The number of carbonyl (C=O) groups is 1. The summed E-state index contributed by atoms with van der Waals surface area (Å²) >= 11 is 0. The molecule has 19 heavy (non-hydrogen) atoms. The predicted molar refractivity (Wildman–Crippen MR) is 68.7 cm³/mol. The molecule has 2 aromatic heterocycles. The highest BCUT2D eigenvalue weighted by molar-refractivity contribution is 5.93. The number of furan rings is 1. The zero-order valence-electron chi connectivity index (χ0n) is 10.5. The second-order valence-electron chi connectivity index (χ2n) is 4.76. The Morgan fingerprint density at radius 3 is 2.95 bits per heavy atom. The molecule has 2 N–H and O–H groups in total. The molecule has 5 nitrogen and oxygen atoms in total. The first-order valence-corrected chi connectivity index (χ1v) is 6.41. The van der Waals surface area contributed by atoms with Crippen LogP contribution in [0.2, 0.25) is 0 Å². The largest absolute Gasteiger partial charge is 0.467 e. The fraction of sp³-hybridized carbons (Fsp3) is 0.357. The molecule has 0 saturated heterocycles. The van der Waals surface area contributed by atoms with Gasteiger partial charge in [0.1, 0.15) is 17.5 Å². The number of aliphatic hydroxyl groups excluding tert-OH is 1. The number of nitrogens with zero attached hydrogens (tertiary/aromatic N) is 1. The van der Waals surface area contributed by atoms with Crippen molar-refractivity contribution in [3.8, 4) is 0 Å². The highest BCUT2D eigenvalue weighted by Gasteiger charge is 2.27. The summed E-state index contributed by atoms with van der Waals surface area (Å²) in [4.78, 5) is 12.2. The Balaban J connectivity index is 1.75. The average Bonchev–Trinajstić information content (AvgIpc) is 2.96. The Kier molecular flexibility index (Phi) is 3.13. The number of carbonyl (C=O) groups excluding carboxylic acids is 1. The number of hydrogen-bond donors (Lipinski definition) is 2. The van der Waals surface area contributed by atoms with E-state index in [1.54, 1.807) is 18.2 Å². The molecule has 0 bridgehead atoms. The first-order chi connectivity index (χ1) is 9.29. The van der Waals surface area contributed by atoms with Gasteiger partial charge in [0.25, 0.3) is 5.91 Å². The van der Waals surface area contributed by atoms with Crippen molar-refractivity contribution in [1.29, 1.82) is 0 Å². The van der Waals surface area contributed by atoms with Crippen LogP contribution in [0.15, 0.2) is 41.1 Å². The van der Waals surface area contributed by atoms with Crippen molar-refractivity contribution < 1.29 is 14.3 Å². The van der Waals surface area contributed by atoms with Gasteiger partial charge in [0.2, 0.25) is 0 Å². The van der Waals surface area contributed by atoms with Crippen molar-refractivity contribution in [2.75, 3.05) is 6.61 Å². The molecule has 0 spiro atoms. The van der Waals surface area contributed by atoms with Crippen molar-refractivity contribution in [2.45, 2.75) is 24.9 Å². The summed E-state index contributed by atoms with van der Waals surface area (Å²) in [6, 6.07) is 7.08. The first kappa shape index (κ1) is 12.0. The molecular weight excluding hydrogens is 244 g/mol. The maximum absolute atomic E-state index is 12.2. The second-order valence-corrected chi connectivity index (χ2v) is 4.76. The van der Waals surface area contributed by atoms with Gasteiger partial charge in [-0.15, -0.1) is 0 Å². The summed E-state index contributed by atoms with van der Waals surface area (Å²) in [6.07, 6.45) is 5.69. The summed E-state index contributed by atoms with van der Waals surface area (Å²) in [5, 5.41) is 12.1. The van der Waals surface area contributed by atoms with Crippen LogP contribution < -0.4 is 5.32 Å². The molecular formula is C14H16N2O3. The van der Waals surface area contributed by atoms with Crippen LogP contribution in [0.5, 0.6) is 0 Å². The monoisotopic (exact) mass is 260 g/mol. The van der Waals surface area contributed by atoms with E-state index in [0.717, 1.165) is 12.8 Å². The number of aromatic nitrogens is 1. The zero-order valence-corrected chi connectivity index (χ0v) is 10.5. The number of aliphatic hydroxyl groups is 1. The predicted octanol–water partition coefficient (Wildman–Crippen LogP) is 1.88. The van der Waals surface area contributed by atoms with Gasteiger partial charge >= 0.3 is 0 Å². The zero-order chi connectivity index (χ0) is 13.2. The van der Waals surface area contributed by atoms with Crippen molar-refractivity contribution in [3.05, 3.63) is 48.2 Å². The third-order valence-electron chi connectivity index (χ3n) is 3.33. The third-order valence-corrected chi connectivity index (χ3v) is 3.33. The summed E-state index contributed by atoms with van der Waals surface area (Å²) < 4.78 is 7.21.